The van der Waals surface area contributed by atoms with Crippen LogP contribution in [0.1, 0.15) is 37.8 Å². The lowest BCUT2D eigenvalue weighted by atomic mass is 9.60. The Morgan fingerprint density at radius 3 is 2.36 bits per heavy atom. The summed E-state index contributed by atoms with van der Waals surface area (Å²) < 4.78 is 62.7. The van der Waals surface area contributed by atoms with Gasteiger partial charge in [0.1, 0.15) is 23.0 Å². The second kappa shape index (κ2) is 9.98. The number of carbonyl (C=O) groups is 2. The van der Waals surface area contributed by atoms with Gasteiger partial charge in [-0.3, -0.25) is 14.7 Å². The lowest BCUT2D eigenvalue weighted by Crippen LogP contribution is -2.70. The number of aliphatic hydroxyl groups is 1. The molecular formula is C25H25F4N5O5. The lowest BCUT2D eigenvalue weighted by Gasteiger charge is -2.56. The number of pyridine rings is 1. The standard InChI is InChI=1S/C25H25F4N5O5/c26-17-7-15(8-18-16(17)11-31-34-18)39-12-21(36)32-23-3-5-24(6-4-23,20(35)9-23)33-22(37)13-38-14-1-2-19(30-10-14)25(27,28)29/h1-2,7-8,10-11,20,35H,3-6,9,12-13H2,(H,31,34)(H,32,36)(H,33,37)/t20-,23?,24?/m1/s1. The van der Waals surface area contributed by atoms with Crippen LogP contribution >= 0.6 is 0 Å². The van der Waals surface area contributed by atoms with Gasteiger partial charge in [0, 0.05) is 17.7 Å². The van der Waals surface area contributed by atoms with Gasteiger partial charge in [-0.2, -0.15) is 18.3 Å². The van der Waals surface area contributed by atoms with Crippen molar-refractivity contribution in [1.82, 2.24) is 25.8 Å². The molecule has 2 heterocycles. The van der Waals surface area contributed by atoms with Gasteiger partial charge in [-0.05, 0) is 44.2 Å². The van der Waals surface area contributed by atoms with Crippen molar-refractivity contribution in [1.29, 1.82) is 0 Å². The Balaban J connectivity index is 1.11. The van der Waals surface area contributed by atoms with Gasteiger partial charge in [0.05, 0.1) is 34.9 Å². The molecule has 6 rings (SSSR count). The molecule has 3 fully saturated rings. The van der Waals surface area contributed by atoms with E-state index in [2.05, 4.69) is 25.8 Å². The van der Waals surface area contributed by atoms with Gasteiger partial charge >= 0.3 is 6.18 Å². The predicted molar refractivity (Wildman–Crippen MR) is 127 cm³/mol. The van der Waals surface area contributed by atoms with Crippen LogP contribution in [0.4, 0.5) is 17.6 Å². The van der Waals surface area contributed by atoms with E-state index in [1.54, 1.807) is 0 Å². The number of benzene rings is 1. The van der Waals surface area contributed by atoms with Crippen molar-refractivity contribution in [2.45, 2.75) is 55.5 Å². The molecular weight excluding hydrogens is 526 g/mol. The van der Waals surface area contributed by atoms with Gasteiger partial charge in [0.15, 0.2) is 13.2 Å². The molecule has 3 aliphatic rings. The zero-order valence-electron chi connectivity index (χ0n) is 20.5. The summed E-state index contributed by atoms with van der Waals surface area (Å²) >= 11 is 0. The van der Waals surface area contributed by atoms with Crippen molar-refractivity contribution in [3.05, 3.63) is 48.2 Å². The van der Waals surface area contributed by atoms with Crippen molar-refractivity contribution in [2.24, 2.45) is 0 Å². The van der Waals surface area contributed by atoms with Crippen LogP contribution in [0, 0.1) is 5.82 Å². The number of hydrogen-bond acceptors (Lipinski definition) is 7. The number of ether oxygens (including phenoxy) is 2. The van der Waals surface area contributed by atoms with E-state index in [1.807, 2.05) is 0 Å². The van der Waals surface area contributed by atoms with Gasteiger partial charge in [0.25, 0.3) is 11.8 Å². The SMILES string of the molecule is O=C(COc1cc(F)c2cn[nH]c2c1)NC12CCC(NC(=O)COc3ccc(C(F)(F)F)nc3)(CC1)[C@H](O)C2. The Bertz CT molecular complexity index is 1370. The van der Waals surface area contributed by atoms with Gasteiger partial charge in [-0.25, -0.2) is 9.37 Å². The van der Waals surface area contributed by atoms with E-state index in [9.17, 15) is 32.3 Å². The fraction of sp³-hybridized carbons (Fsp3) is 0.440. The zero-order chi connectivity index (χ0) is 27.8. The molecule has 0 radical (unpaired) electrons. The highest BCUT2D eigenvalue weighted by atomic mass is 19.4. The molecule has 2 bridgehead atoms. The smallest absolute Gasteiger partial charge is 0.433 e. The summed E-state index contributed by atoms with van der Waals surface area (Å²) in [5, 5.41) is 23.4. The summed E-state index contributed by atoms with van der Waals surface area (Å²) in [5.41, 5.74) is -2.21. The van der Waals surface area contributed by atoms with Crippen LogP contribution in [0.5, 0.6) is 11.5 Å². The average Bonchev–Trinajstić information content (AvgIpc) is 3.37. The monoisotopic (exact) mass is 551 g/mol. The Morgan fingerprint density at radius 1 is 1.03 bits per heavy atom. The summed E-state index contributed by atoms with van der Waals surface area (Å²) in [4.78, 5) is 28.5. The number of H-pyrrole nitrogens is 1. The number of aromatic nitrogens is 3. The summed E-state index contributed by atoms with van der Waals surface area (Å²) in [6.07, 6.45) is -1.31. The van der Waals surface area contributed by atoms with Crippen LogP contribution in [0.2, 0.25) is 0 Å². The van der Waals surface area contributed by atoms with Crippen molar-refractivity contribution in [3.8, 4) is 11.5 Å². The topological polar surface area (TPSA) is 138 Å². The molecule has 1 aromatic carbocycles. The van der Waals surface area contributed by atoms with Crippen LogP contribution in [-0.4, -0.2) is 62.5 Å². The minimum atomic E-state index is -4.58. The fourth-order valence-corrected chi connectivity index (χ4v) is 5.30. The van der Waals surface area contributed by atoms with E-state index < -0.39 is 53.3 Å². The number of amides is 2. The highest BCUT2D eigenvalue weighted by Gasteiger charge is 2.55. The second-order valence-corrected chi connectivity index (χ2v) is 9.94. The van der Waals surface area contributed by atoms with E-state index in [1.165, 1.54) is 18.3 Å². The van der Waals surface area contributed by atoms with E-state index >= 15 is 0 Å². The molecule has 3 aromatic rings. The molecule has 0 unspecified atom stereocenters. The molecule has 4 N–H and O–H groups in total. The number of rotatable bonds is 8. The number of alkyl halides is 3. The third-order valence-electron chi connectivity index (χ3n) is 7.36. The minimum absolute atomic E-state index is 0.000316. The largest absolute Gasteiger partial charge is 0.484 e. The van der Waals surface area contributed by atoms with Crippen LogP contribution in [0.3, 0.4) is 0 Å². The molecule has 0 aliphatic heterocycles. The Kier molecular flexibility index (Phi) is 6.83. The summed E-state index contributed by atoms with van der Waals surface area (Å²) in [6.45, 7) is -0.819. The zero-order valence-corrected chi connectivity index (χ0v) is 20.5. The van der Waals surface area contributed by atoms with Crippen molar-refractivity contribution in [2.75, 3.05) is 13.2 Å². The van der Waals surface area contributed by atoms with Crippen LogP contribution < -0.4 is 20.1 Å². The van der Waals surface area contributed by atoms with Gasteiger partial charge < -0.3 is 25.2 Å². The molecule has 10 nitrogen and oxygen atoms in total. The normalized spacial score (nSPS) is 24.4. The predicted octanol–water partition coefficient (Wildman–Crippen LogP) is 2.62. The molecule has 1 atom stereocenters. The molecule has 3 aliphatic carbocycles. The third-order valence-corrected chi connectivity index (χ3v) is 7.36. The average molecular weight is 551 g/mol. The van der Waals surface area contributed by atoms with Crippen LogP contribution in [0.15, 0.2) is 36.7 Å². The first-order valence-electron chi connectivity index (χ1n) is 12.2. The van der Waals surface area contributed by atoms with Crippen molar-refractivity contribution >= 4 is 22.7 Å². The number of fused-ring (bicyclic) bond motifs is 4. The Hall–Kier alpha value is -3.94. The first-order valence-corrected chi connectivity index (χ1v) is 12.2. The number of hydrogen-bond donors (Lipinski definition) is 4. The van der Waals surface area contributed by atoms with Crippen molar-refractivity contribution < 1.29 is 41.7 Å². The second-order valence-electron chi connectivity index (χ2n) is 9.94. The van der Waals surface area contributed by atoms with E-state index in [0.717, 1.165) is 18.3 Å². The van der Waals surface area contributed by atoms with E-state index in [0.29, 0.717) is 36.6 Å². The number of aliphatic hydroxyl groups excluding tert-OH is 1. The van der Waals surface area contributed by atoms with Crippen LogP contribution in [0.25, 0.3) is 10.9 Å². The number of carbonyl (C=O) groups excluding carboxylic acids is 2. The van der Waals surface area contributed by atoms with E-state index in [4.69, 9.17) is 9.47 Å². The third kappa shape index (κ3) is 5.60. The number of halogens is 4. The number of nitrogens with zero attached hydrogens (tertiary/aromatic N) is 2. The summed E-state index contributed by atoms with van der Waals surface area (Å²) in [5.74, 6) is -1.33. The molecule has 2 amide bonds. The maximum absolute atomic E-state index is 14.1. The highest BCUT2D eigenvalue weighted by molar-refractivity contribution is 5.81. The van der Waals surface area contributed by atoms with E-state index in [-0.39, 0.29) is 24.5 Å². The lowest BCUT2D eigenvalue weighted by molar-refractivity contribution is -0.141. The first-order chi connectivity index (χ1) is 18.5. The van der Waals surface area contributed by atoms with Crippen LogP contribution in [-0.2, 0) is 15.8 Å². The Labute approximate surface area is 219 Å². The highest BCUT2D eigenvalue weighted by Crippen LogP contribution is 2.47. The van der Waals surface area contributed by atoms with Crippen molar-refractivity contribution in [3.63, 3.8) is 0 Å². The molecule has 208 valence electrons. The fourth-order valence-electron chi connectivity index (χ4n) is 5.30. The minimum Gasteiger partial charge on any atom is -0.484 e. The summed E-state index contributed by atoms with van der Waals surface area (Å²) in [6, 6.07) is 4.54. The molecule has 0 spiro atoms. The van der Waals surface area contributed by atoms with Gasteiger partial charge in [-0.1, -0.05) is 0 Å². The molecule has 0 saturated heterocycles. The summed E-state index contributed by atoms with van der Waals surface area (Å²) in [7, 11) is 0. The quantitative estimate of drug-likeness (QED) is 0.316. The first kappa shape index (κ1) is 26.7. The number of aromatic amines is 1. The Morgan fingerprint density at radius 2 is 1.72 bits per heavy atom. The molecule has 3 saturated carbocycles. The maximum atomic E-state index is 14.1. The van der Waals surface area contributed by atoms with Gasteiger partial charge in [0.2, 0.25) is 0 Å². The molecule has 39 heavy (non-hydrogen) atoms. The molecule has 2 aromatic heterocycles. The number of nitrogens with one attached hydrogen (secondary N) is 3. The maximum Gasteiger partial charge on any atom is 0.433 e. The molecule has 14 heteroatoms. The van der Waals surface area contributed by atoms with Gasteiger partial charge in [-0.15, -0.1) is 0 Å².